The number of nitrogens with one attached hydrogen (secondary N) is 2. The fourth-order valence-electron chi connectivity index (χ4n) is 5.00. The number of rotatable bonds is 5. The largest absolute Gasteiger partial charge is 0.322 e. The van der Waals surface area contributed by atoms with Crippen LogP contribution in [0.2, 0.25) is 0 Å². The molecule has 0 aliphatic carbocycles. The molecule has 7 nitrogen and oxygen atoms in total. The zero-order valence-electron chi connectivity index (χ0n) is 17.9. The Labute approximate surface area is 178 Å². The van der Waals surface area contributed by atoms with Gasteiger partial charge in [-0.1, -0.05) is 12.1 Å². The van der Waals surface area contributed by atoms with E-state index in [2.05, 4.69) is 41.5 Å². The average Bonchev–Trinajstić information content (AvgIpc) is 2.87. The molecule has 7 heteroatoms. The number of benzene rings is 1. The smallest absolute Gasteiger partial charge is 0.255 e. The first kappa shape index (κ1) is 21.0. The van der Waals surface area contributed by atoms with Crippen molar-refractivity contribution < 1.29 is 14.4 Å². The number of hydrogen-bond donors (Lipinski definition) is 2. The predicted molar refractivity (Wildman–Crippen MR) is 114 cm³/mol. The lowest BCUT2D eigenvalue weighted by atomic mass is 10.0. The third-order valence-corrected chi connectivity index (χ3v) is 6.63. The number of fused-ring (bicyclic) bond motifs is 1. The molecule has 30 heavy (non-hydrogen) atoms. The molecule has 1 aromatic rings. The normalized spacial score (nSPS) is 24.9. The van der Waals surface area contributed by atoms with E-state index in [1.165, 1.54) is 18.4 Å². The fraction of sp³-hybridized carbons (Fsp3) is 0.609. The lowest BCUT2D eigenvalue weighted by molar-refractivity contribution is -0.136. The van der Waals surface area contributed by atoms with Gasteiger partial charge in [-0.05, 0) is 69.8 Å². The van der Waals surface area contributed by atoms with Crippen molar-refractivity contribution >= 4 is 17.7 Å². The van der Waals surface area contributed by atoms with Gasteiger partial charge in [0.2, 0.25) is 11.8 Å². The Balaban J connectivity index is 1.49. The molecule has 2 saturated heterocycles. The standard InChI is InChI=1S/C23H32N4O3/c1-15(2)26(18-4-3-10-24-11-9-18)13-16-5-6-19-17(12-16)14-27(23(19)30)20-7-8-21(28)25-22(20)29/h5-6,12,15,18,20,24H,3-4,7-11,13-14H2,1-2H3,(H,25,28,29). The molecule has 3 aliphatic rings. The molecule has 2 N–H and O–H groups in total. The topological polar surface area (TPSA) is 81.8 Å². The Hall–Kier alpha value is -2.25. The van der Waals surface area contributed by atoms with Crippen LogP contribution in [0.5, 0.6) is 0 Å². The van der Waals surface area contributed by atoms with Crippen LogP contribution in [-0.4, -0.2) is 58.7 Å². The highest BCUT2D eigenvalue weighted by atomic mass is 16.2. The summed E-state index contributed by atoms with van der Waals surface area (Å²) in [6, 6.07) is 6.54. The van der Waals surface area contributed by atoms with Gasteiger partial charge in [0.25, 0.3) is 5.91 Å². The van der Waals surface area contributed by atoms with Gasteiger partial charge in [-0.2, -0.15) is 0 Å². The zero-order valence-corrected chi connectivity index (χ0v) is 17.9. The maximum absolute atomic E-state index is 12.9. The predicted octanol–water partition coefficient (Wildman–Crippen LogP) is 1.80. The summed E-state index contributed by atoms with van der Waals surface area (Å²) in [7, 11) is 0. The second-order valence-electron chi connectivity index (χ2n) is 8.99. The molecule has 0 bridgehead atoms. The number of hydrogen-bond acceptors (Lipinski definition) is 5. The SMILES string of the molecule is CC(C)N(Cc1ccc2c(c1)CN(C1CCC(=O)NC1=O)C2=O)C1CCCNCC1. The fourth-order valence-corrected chi connectivity index (χ4v) is 5.00. The van der Waals surface area contributed by atoms with Crippen molar-refractivity contribution in [2.24, 2.45) is 0 Å². The number of carbonyl (C=O) groups excluding carboxylic acids is 3. The summed E-state index contributed by atoms with van der Waals surface area (Å²) < 4.78 is 0. The van der Waals surface area contributed by atoms with Gasteiger partial charge in [0.05, 0.1) is 0 Å². The maximum atomic E-state index is 12.9. The highest BCUT2D eigenvalue weighted by Crippen LogP contribution is 2.29. The molecule has 0 saturated carbocycles. The molecule has 0 spiro atoms. The van der Waals surface area contributed by atoms with Crippen molar-refractivity contribution in [3.63, 3.8) is 0 Å². The van der Waals surface area contributed by atoms with Gasteiger partial charge < -0.3 is 10.2 Å². The second kappa shape index (κ2) is 8.86. The van der Waals surface area contributed by atoms with Crippen molar-refractivity contribution in [3.05, 3.63) is 34.9 Å². The number of amides is 3. The molecule has 3 heterocycles. The second-order valence-corrected chi connectivity index (χ2v) is 8.99. The van der Waals surface area contributed by atoms with Crippen LogP contribution < -0.4 is 10.6 Å². The van der Waals surface area contributed by atoms with Crippen LogP contribution in [-0.2, 0) is 22.7 Å². The molecular formula is C23H32N4O3. The molecule has 2 unspecified atom stereocenters. The van der Waals surface area contributed by atoms with E-state index in [9.17, 15) is 14.4 Å². The Morgan fingerprint density at radius 1 is 1.13 bits per heavy atom. The van der Waals surface area contributed by atoms with Crippen molar-refractivity contribution in [3.8, 4) is 0 Å². The third kappa shape index (κ3) is 4.27. The molecule has 2 fully saturated rings. The van der Waals surface area contributed by atoms with Gasteiger partial charge in [-0.15, -0.1) is 0 Å². The quantitative estimate of drug-likeness (QED) is 0.721. The monoisotopic (exact) mass is 412 g/mol. The van der Waals surface area contributed by atoms with E-state index in [4.69, 9.17) is 0 Å². The van der Waals surface area contributed by atoms with E-state index in [-0.39, 0.29) is 24.1 Å². The number of piperidine rings is 1. The molecule has 4 rings (SSSR count). The molecule has 0 radical (unpaired) electrons. The van der Waals surface area contributed by atoms with E-state index in [0.29, 0.717) is 30.6 Å². The Morgan fingerprint density at radius 3 is 2.73 bits per heavy atom. The van der Waals surface area contributed by atoms with Crippen LogP contribution in [0.1, 0.15) is 67.4 Å². The van der Waals surface area contributed by atoms with Crippen LogP contribution in [0.15, 0.2) is 18.2 Å². The van der Waals surface area contributed by atoms with Crippen molar-refractivity contribution in [2.45, 2.75) is 77.2 Å². The van der Waals surface area contributed by atoms with Crippen LogP contribution in [0, 0.1) is 0 Å². The highest BCUT2D eigenvalue weighted by Gasteiger charge is 2.39. The van der Waals surface area contributed by atoms with Crippen molar-refractivity contribution in [1.82, 2.24) is 20.4 Å². The van der Waals surface area contributed by atoms with E-state index >= 15 is 0 Å². The average molecular weight is 413 g/mol. The van der Waals surface area contributed by atoms with Gasteiger partial charge in [0.15, 0.2) is 0 Å². The van der Waals surface area contributed by atoms with E-state index < -0.39 is 6.04 Å². The van der Waals surface area contributed by atoms with Gasteiger partial charge in [-0.25, -0.2) is 0 Å². The summed E-state index contributed by atoms with van der Waals surface area (Å²) in [4.78, 5) is 40.8. The van der Waals surface area contributed by atoms with Crippen LogP contribution >= 0.6 is 0 Å². The Bertz CT molecular complexity index is 830. The lowest BCUT2D eigenvalue weighted by Gasteiger charge is -2.34. The first-order chi connectivity index (χ1) is 14.4. The zero-order chi connectivity index (χ0) is 21.3. The van der Waals surface area contributed by atoms with Crippen LogP contribution in [0.3, 0.4) is 0 Å². The summed E-state index contributed by atoms with van der Waals surface area (Å²) in [5.74, 6) is -0.729. The summed E-state index contributed by atoms with van der Waals surface area (Å²) >= 11 is 0. The molecular weight excluding hydrogens is 380 g/mol. The van der Waals surface area contributed by atoms with E-state index in [1.807, 2.05) is 6.07 Å². The van der Waals surface area contributed by atoms with Crippen LogP contribution in [0.25, 0.3) is 0 Å². The highest BCUT2D eigenvalue weighted by molar-refractivity contribution is 6.05. The minimum Gasteiger partial charge on any atom is -0.322 e. The van der Waals surface area contributed by atoms with Gasteiger partial charge in [0.1, 0.15) is 6.04 Å². The van der Waals surface area contributed by atoms with E-state index in [0.717, 1.165) is 31.6 Å². The number of imide groups is 1. The molecule has 1 aromatic carbocycles. The minimum atomic E-state index is -0.559. The number of carbonyl (C=O) groups is 3. The van der Waals surface area contributed by atoms with Crippen LogP contribution in [0.4, 0.5) is 0 Å². The third-order valence-electron chi connectivity index (χ3n) is 6.63. The first-order valence-electron chi connectivity index (χ1n) is 11.2. The van der Waals surface area contributed by atoms with Crippen molar-refractivity contribution in [2.75, 3.05) is 13.1 Å². The van der Waals surface area contributed by atoms with E-state index in [1.54, 1.807) is 4.90 Å². The van der Waals surface area contributed by atoms with Gasteiger partial charge >= 0.3 is 0 Å². The summed E-state index contributed by atoms with van der Waals surface area (Å²) in [6.07, 6.45) is 4.24. The summed E-state index contributed by atoms with van der Waals surface area (Å²) in [5, 5.41) is 5.85. The number of nitrogens with zero attached hydrogens (tertiary/aromatic N) is 2. The molecule has 2 atom stereocenters. The first-order valence-corrected chi connectivity index (χ1v) is 11.2. The Kier molecular flexibility index (Phi) is 6.20. The van der Waals surface area contributed by atoms with Gasteiger partial charge in [-0.3, -0.25) is 24.6 Å². The summed E-state index contributed by atoms with van der Waals surface area (Å²) in [6.45, 7) is 7.96. The molecule has 3 aliphatic heterocycles. The minimum absolute atomic E-state index is 0.110. The molecule has 0 aromatic heterocycles. The Morgan fingerprint density at radius 2 is 1.97 bits per heavy atom. The van der Waals surface area contributed by atoms with Gasteiger partial charge in [0, 0.05) is 37.2 Å². The molecule has 162 valence electrons. The lowest BCUT2D eigenvalue weighted by Crippen LogP contribution is -2.52. The summed E-state index contributed by atoms with van der Waals surface area (Å²) in [5.41, 5.74) is 2.87. The molecule has 3 amide bonds. The maximum Gasteiger partial charge on any atom is 0.255 e. The van der Waals surface area contributed by atoms with Crippen molar-refractivity contribution in [1.29, 1.82) is 0 Å².